The molecule has 0 spiro atoms. The molecule has 2 fully saturated rings. The van der Waals surface area contributed by atoms with Gasteiger partial charge in [0.05, 0.1) is 0 Å². The monoisotopic (exact) mass is 127 g/mol. The number of piperidine rings is 1. The standard InChI is InChI=1S/C6H9NO2/c8-6(9)5-2-3-1-4(3)7-5/h3-5,7H,1-2H2,(H,8,9)/t3-,4+,5+/m1/s1. The number of hydrogen-bond donors (Lipinski definition) is 2. The highest BCUT2D eigenvalue weighted by Crippen LogP contribution is 2.40. The van der Waals surface area contributed by atoms with Crippen LogP contribution in [-0.2, 0) is 4.79 Å². The second kappa shape index (κ2) is 1.48. The summed E-state index contributed by atoms with van der Waals surface area (Å²) in [5.41, 5.74) is 0. The molecule has 0 aromatic carbocycles. The number of carboxylic acids is 1. The third-order valence-corrected chi connectivity index (χ3v) is 2.17. The molecule has 2 rings (SSSR count). The Morgan fingerprint density at radius 2 is 2.33 bits per heavy atom. The van der Waals surface area contributed by atoms with Crippen LogP contribution < -0.4 is 5.32 Å². The summed E-state index contributed by atoms with van der Waals surface area (Å²) < 4.78 is 0. The Kier molecular flexibility index (Phi) is 0.858. The Morgan fingerprint density at radius 1 is 1.56 bits per heavy atom. The van der Waals surface area contributed by atoms with E-state index in [4.69, 9.17) is 5.11 Å². The lowest BCUT2D eigenvalue weighted by Gasteiger charge is -2.04. The lowest BCUT2D eigenvalue weighted by molar-refractivity contribution is -0.139. The van der Waals surface area contributed by atoms with Gasteiger partial charge in [0.25, 0.3) is 0 Å². The first-order chi connectivity index (χ1) is 4.27. The lowest BCUT2D eigenvalue weighted by atomic mass is 10.2. The third-order valence-electron chi connectivity index (χ3n) is 2.17. The van der Waals surface area contributed by atoms with Crippen molar-refractivity contribution in [3.05, 3.63) is 0 Å². The van der Waals surface area contributed by atoms with Crippen molar-refractivity contribution in [2.75, 3.05) is 0 Å². The summed E-state index contributed by atoms with van der Waals surface area (Å²) in [6.45, 7) is 0. The van der Waals surface area contributed by atoms with E-state index in [1.165, 1.54) is 6.42 Å². The number of carboxylic acid groups (broad SMARTS) is 1. The predicted octanol–water partition coefficient (Wildman–Crippen LogP) is -0.179. The van der Waals surface area contributed by atoms with Gasteiger partial charge in [-0.3, -0.25) is 4.79 Å². The van der Waals surface area contributed by atoms with Crippen LogP contribution in [0.25, 0.3) is 0 Å². The van der Waals surface area contributed by atoms with Gasteiger partial charge in [0.15, 0.2) is 0 Å². The van der Waals surface area contributed by atoms with E-state index in [1.807, 2.05) is 0 Å². The van der Waals surface area contributed by atoms with Crippen LogP contribution in [0.4, 0.5) is 0 Å². The molecular formula is C6H9NO2. The van der Waals surface area contributed by atoms with Crippen LogP contribution in [0.3, 0.4) is 0 Å². The maximum Gasteiger partial charge on any atom is 0.320 e. The van der Waals surface area contributed by atoms with Gasteiger partial charge in [-0.2, -0.15) is 0 Å². The van der Waals surface area contributed by atoms with Crippen molar-refractivity contribution >= 4 is 5.97 Å². The number of hydrogen-bond acceptors (Lipinski definition) is 2. The molecule has 1 saturated carbocycles. The van der Waals surface area contributed by atoms with Crippen molar-refractivity contribution in [2.24, 2.45) is 5.92 Å². The predicted molar refractivity (Wildman–Crippen MR) is 31.1 cm³/mol. The van der Waals surface area contributed by atoms with Gasteiger partial charge in [-0.1, -0.05) is 0 Å². The second-order valence-corrected chi connectivity index (χ2v) is 2.90. The van der Waals surface area contributed by atoms with Crippen LogP contribution in [0.5, 0.6) is 0 Å². The first-order valence-corrected chi connectivity index (χ1v) is 3.26. The SMILES string of the molecule is O=C(O)[C@@H]1C[C@H]2C[C@@H]2N1. The topological polar surface area (TPSA) is 49.3 Å². The minimum atomic E-state index is -0.692. The zero-order chi connectivity index (χ0) is 6.43. The highest BCUT2D eigenvalue weighted by atomic mass is 16.4. The fourth-order valence-corrected chi connectivity index (χ4v) is 1.51. The van der Waals surface area contributed by atoms with E-state index < -0.39 is 5.97 Å². The molecule has 0 unspecified atom stereocenters. The zero-order valence-electron chi connectivity index (χ0n) is 5.00. The molecule has 1 saturated heterocycles. The van der Waals surface area contributed by atoms with E-state index >= 15 is 0 Å². The summed E-state index contributed by atoms with van der Waals surface area (Å²) in [6.07, 6.45) is 2.05. The van der Waals surface area contributed by atoms with Crippen LogP contribution in [-0.4, -0.2) is 23.2 Å². The Balaban J connectivity index is 1.97. The Bertz CT molecular complexity index is 147. The Morgan fingerprint density at radius 3 is 2.67 bits per heavy atom. The van der Waals surface area contributed by atoms with Gasteiger partial charge in [-0.15, -0.1) is 0 Å². The van der Waals surface area contributed by atoms with Crippen molar-refractivity contribution in [1.29, 1.82) is 0 Å². The average molecular weight is 127 g/mol. The molecule has 9 heavy (non-hydrogen) atoms. The molecule has 0 bridgehead atoms. The minimum absolute atomic E-state index is 0.242. The highest BCUT2D eigenvalue weighted by Gasteiger charge is 2.47. The summed E-state index contributed by atoms with van der Waals surface area (Å²) in [5, 5.41) is 11.5. The number of carbonyl (C=O) groups is 1. The third kappa shape index (κ3) is 0.721. The number of nitrogens with one attached hydrogen (secondary N) is 1. The molecule has 1 aliphatic carbocycles. The fraction of sp³-hybridized carbons (Fsp3) is 0.833. The summed E-state index contributed by atoms with van der Waals surface area (Å²) >= 11 is 0. The van der Waals surface area contributed by atoms with E-state index in [2.05, 4.69) is 5.32 Å². The van der Waals surface area contributed by atoms with Crippen molar-refractivity contribution in [2.45, 2.75) is 24.9 Å². The van der Waals surface area contributed by atoms with Gasteiger partial charge in [0.2, 0.25) is 0 Å². The molecule has 50 valence electrons. The number of rotatable bonds is 1. The van der Waals surface area contributed by atoms with Crippen molar-refractivity contribution in [3.8, 4) is 0 Å². The molecule has 1 heterocycles. The number of fused-ring (bicyclic) bond motifs is 1. The smallest absolute Gasteiger partial charge is 0.320 e. The zero-order valence-corrected chi connectivity index (χ0v) is 5.00. The molecule has 0 amide bonds. The normalized spacial score (nSPS) is 46.4. The molecule has 0 aromatic heterocycles. The van der Waals surface area contributed by atoms with Crippen LogP contribution >= 0.6 is 0 Å². The number of aliphatic carboxylic acids is 1. The van der Waals surface area contributed by atoms with Crippen molar-refractivity contribution < 1.29 is 9.90 Å². The van der Waals surface area contributed by atoms with Crippen LogP contribution in [0, 0.1) is 5.92 Å². The van der Waals surface area contributed by atoms with E-state index in [9.17, 15) is 4.79 Å². The molecule has 0 radical (unpaired) electrons. The molecule has 2 aliphatic rings. The first-order valence-electron chi connectivity index (χ1n) is 3.26. The highest BCUT2D eigenvalue weighted by molar-refractivity contribution is 5.74. The van der Waals surface area contributed by atoms with Crippen LogP contribution in [0.15, 0.2) is 0 Å². The molecule has 0 aromatic rings. The van der Waals surface area contributed by atoms with E-state index in [0.29, 0.717) is 12.0 Å². The molecule has 1 aliphatic heterocycles. The van der Waals surface area contributed by atoms with E-state index in [1.54, 1.807) is 0 Å². The Labute approximate surface area is 53.1 Å². The average Bonchev–Trinajstić information content (AvgIpc) is 2.40. The van der Waals surface area contributed by atoms with Gasteiger partial charge in [-0.25, -0.2) is 0 Å². The van der Waals surface area contributed by atoms with Crippen molar-refractivity contribution in [3.63, 3.8) is 0 Å². The summed E-state index contributed by atoms with van der Waals surface area (Å²) in [5.74, 6) is -0.00620. The lowest BCUT2D eigenvalue weighted by Crippen LogP contribution is -2.33. The quantitative estimate of drug-likeness (QED) is 0.513. The summed E-state index contributed by atoms with van der Waals surface area (Å²) in [7, 11) is 0. The molecular weight excluding hydrogens is 118 g/mol. The largest absolute Gasteiger partial charge is 0.480 e. The minimum Gasteiger partial charge on any atom is -0.480 e. The van der Waals surface area contributed by atoms with Gasteiger partial charge in [0.1, 0.15) is 6.04 Å². The summed E-state index contributed by atoms with van der Waals surface area (Å²) in [4.78, 5) is 10.3. The van der Waals surface area contributed by atoms with Gasteiger partial charge < -0.3 is 10.4 Å². The molecule has 2 N–H and O–H groups in total. The van der Waals surface area contributed by atoms with E-state index in [0.717, 1.165) is 6.42 Å². The Hall–Kier alpha value is -0.570. The molecule has 3 heteroatoms. The van der Waals surface area contributed by atoms with E-state index in [-0.39, 0.29) is 6.04 Å². The first kappa shape index (κ1) is 5.23. The fourth-order valence-electron chi connectivity index (χ4n) is 1.51. The van der Waals surface area contributed by atoms with Crippen molar-refractivity contribution in [1.82, 2.24) is 5.32 Å². The maximum absolute atomic E-state index is 10.3. The molecule has 3 nitrogen and oxygen atoms in total. The van der Waals surface area contributed by atoms with Gasteiger partial charge in [-0.05, 0) is 18.8 Å². The second-order valence-electron chi connectivity index (χ2n) is 2.90. The van der Waals surface area contributed by atoms with Gasteiger partial charge in [0, 0.05) is 6.04 Å². The van der Waals surface area contributed by atoms with Crippen LogP contribution in [0.2, 0.25) is 0 Å². The van der Waals surface area contributed by atoms with Crippen LogP contribution in [0.1, 0.15) is 12.8 Å². The van der Waals surface area contributed by atoms with Gasteiger partial charge >= 0.3 is 5.97 Å². The maximum atomic E-state index is 10.3. The summed E-state index contributed by atoms with van der Waals surface area (Å²) in [6, 6.07) is 0.305. The molecule has 3 atom stereocenters.